The van der Waals surface area contributed by atoms with Crippen LogP contribution < -0.4 is 16.4 Å². The van der Waals surface area contributed by atoms with E-state index in [0.29, 0.717) is 17.8 Å². The zero-order valence-electron chi connectivity index (χ0n) is 14.5. The van der Waals surface area contributed by atoms with Crippen molar-refractivity contribution in [1.29, 1.82) is 0 Å². The molecule has 24 heavy (non-hydrogen) atoms. The highest BCUT2D eigenvalue weighted by Crippen LogP contribution is 2.22. The lowest BCUT2D eigenvalue weighted by Gasteiger charge is -2.31. The van der Waals surface area contributed by atoms with Crippen LogP contribution in [0.3, 0.4) is 0 Å². The van der Waals surface area contributed by atoms with Gasteiger partial charge in [-0.2, -0.15) is 0 Å². The Morgan fingerprint density at radius 1 is 1.00 bits per heavy atom. The number of para-hydroxylation sites is 1. The number of carbonyl (C=O) groups excluding carboxylic acids is 1. The van der Waals surface area contributed by atoms with E-state index in [1.54, 1.807) is 29.2 Å². The van der Waals surface area contributed by atoms with E-state index in [-0.39, 0.29) is 11.4 Å². The molecule has 0 fully saturated rings. The summed E-state index contributed by atoms with van der Waals surface area (Å²) in [6.45, 7) is 4.78. The molecule has 2 rings (SSSR count). The van der Waals surface area contributed by atoms with Gasteiger partial charge in [-0.1, -0.05) is 32.0 Å². The maximum absolute atomic E-state index is 13.0. The molecule has 0 radical (unpaired) electrons. The van der Waals surface area contributed by atoms with Gasteiger partial charge in [0.05, 0.1) is 0 Å². The van der Waals surface area contributed by atoms with E-state index < -0.39 is 0 Å². The number of benzene rings is 2. The van der Waals surface area contributed by atoms with E-state index >= 15 is 0 Å². The van der Waals surface area contributed by atoms with Gasteiger partial charge in [0.15, 0.2) is 0 Å². The Morgan fingerprint density at radius 3 is 2.12 bits per heavy atom. The minimum Gasteiger partial charge on any atom is -0.399 e. The van der Waals surface area contributed by atoms with Crippen LogP contribution in [0.1, 0.15) is 43.5 Å². The summed E-state index contributed by atoms with van der Waals surface area (Å²) in [6.07, 6.45) is 2.54. The Hall–Kier alpha value is -2.33. The summed E-state index contributed by atoms with van der Waals surface area (Å²) in [7, 11) is 0. The van der Waals surface area contributed by atoms with E-state index in [1.165, 1.54) is 0 Å². The van der Waals surface area contributed by atoms with Crippen LogP contribution in [0.5, 0.6) is 0 Å². The Bertz CT molecular complexity index is 648. The summed E-state index contributed by atoms with van der Waals surface area (Å²) in [5, 5.41) is 0. The predicted molar refractivity (Wildman–Crippen MR) is 101 cm³/mol. The van der Waals surface area contributed by atoms with Gasteiger partial charge in [-0.25, -0.2) is 0 Å². The molecule has 0 spiro atoms. The molecule has 0 heterocycles. The molecule has 0 aromatic heterocycles. The monoisotopic (exact) mass is 325 g/mol. The third kappa shape index (κ3) is 4.36. The number of amides is 1. The molecular formula is C20H27N3O. The van der Waals surface area contributed by atoms with Gasteiger partial charge >= 0.3 is 0 Å². The first-order valence-corrected chi connectivity index (χ1v) is 8.50. The van der Waals surface area contributed by atoms with Crippen molar-refractivity contribution in [3.05, 3.63) is 60.2 Å². The van der Waals surface area contributed by atoms with Crippen molar-refractivity contribution in [2.24, 2.45) is 5.73 Å². The van der Waals surface area contributed by atoms with Gasteiger partial charge in [0.25, 0.3) is 5.91 Å². The van der Waals surface area contributed by atoms with Crippen molar-refractivity contribution in [3.63, 3.8) is 0 Å². The Labute approximate surface area is 144 Å². The average molecular weight is 325 g/mol. The maximum Gasteiger partial charge on any atom is 0.258 e. The molecule has 0 saturated heterocycles. The van der Waals surface area contributed by atoms with Gasteiger partial charge < -0.3 is 16.4 Å². The fourth-order valence-corrected chi connectivity index (χ4v) is 2.68. The third-order valence-electron chi connectivity index (χ3n) is 4.71. The van der Waals surface area contributed by atoms with Gasteiger partial charge in [-0.15, -0.1) is 0 Å². The summed E-state index contributed by atoms with van der Waals surface area (Å²) in [4.78, 5) is 14.8. The number of nitrogens with two attached hydrogens (primary N) is 2. The van der Waals surface area contributed by atoms with E-state index in [4.69, 9.17) is 11.5 Å². The number of hydrogen-bond acceptors (Lipinski definition) is 3. The van der Waals surface area contributed by atoms with E-state index in [1.807, 2.05) is 30.3 Å². The van der Waals surface area contributed by atoms with Crippen LogP contribution in [0.4, 0.5) is 11.4 Å². The Morgan fingerprint density at radius 2 is 1.58 bits per heavy atom. The van der Waals surface area contributed by atoms with Gasteiger partial charge in [-0.05, 0) is 55.7 Å². The van der Waals surface area contributed by atoms with Crippen LogP contribution in [0, 0.1) is 0 Å². The average Bonchev–Trinajstić information content (AvgIpc) is 2.63. The van der Waals surface area contributed by atoms with Crippen molar-refractivity contribution in [3.8, 4) is 0 Å². The third-order valence-corrected chi connectivity index (χ3v) is 4.71. The quantitative estimate of drug-likeness (QED) is 0.760. The number of nitrogens with zero attached hydrogens (tertiary/aromatic N) is 1. The summed E-state index contributed by atoms with van der Waals surface area (Å²) < 4.78 is 0. The molecule has 0 aliphatic carbocycles. The molecule has 0 atom stereocenters. The minimum atomic E-state index is -0.242. The number of carbonyl (C=O) groups is 1. The summed E-state index contributed by atoms with van der Waals surface area (Å²) in [6, 6.07) is 16.8. The van der Waals surface area contributed by atoms with E-state index in [9.17, 15) is 4.79 Å². The SMILES string of the molecule is CCC(N)(CC)CCN(C(=O)c1ccc(N)cc1)c1ccccc1. The van der Waals surface area contributed by atoms with Crippen molar-refractivity contribution in [1.82, 2.24) is 0 Å². The highest BCUT2D eigenvalue weighted by atomic mass is 16.2. The number of anilines is 2. The number of rotatable bonds is 7. The highest BCUT2D eigenvalue weighted by molar-refractivity contribution is 6.06. The van der Waals surface area contributed by atoms with Gasteiger partial charge in [0.1, 0.15) is 0 Å². The molecule has 2 aromatic rings. The first-order chi connectivity index (χ1) is 11.5. The highest BCUT2D eigenvalue weighted by Gasteiger charge is 2.24. The topological polar surface area (TPSA) is 72.3 Å². The lowest BCUT2D eigenvalue weighted by Crippen LogP contribution is -2.43. The smallest absolute Gasteiger partial charge is 0.258 e. The number of nitrogen functional groups attached to an aromatic ring is 1. The molecule has 0 bridgehead atoms. The van der Waals surface area contributed by atoms with Crippen molar-refractivity contribution in [2.45, 2.75) is 38.6 Å². The fraction of sp³-hybridized carbons (Fsp3) is 0.350. The molecule has 0 aliphatic heterocycles. The molecule has 2 aromatic carbocycles. The normalized spacial score (nSPS) is 11.3. The first kappa shape index (κ1) is 18.0. The summed E-state index contributed by atoms with van der Waals surface area (Å²) in [5.74, 6) is -0.0317. The lowest BCUT2D eigenvalue weighted by atomic mass is 9.90. The minimum absolute atomic E-state index is 0.0317. The second-order valence-corrected chi connectivity index (χ2v) is 6.23. The van der Waals surface area contributed by atoms with Gasteiger partial charge in [0, 0.05) is 29.0 Å². The molecule has 4 heteroatoms. The molecule has 0 aliphatic rings. The summed E-state index contributed by atoms with van der Waals surface area (Å²) in [5.41, 5.74) is 14.1. The van der Waals surface area contributed by atoms with Crippen LogP contribution >= 0.6 is 0 Å². The van der Waals surface area contributed by atoms with Crippen LogP contribution in [-0.4, -0.2) is 18.0 Å². The second kappa shape index (κ2) is 7.97. The molecule has 0 unspecified atom stereocenters. The van der Waals surface area contributed by atoms with Crippen molar-refractivity contribution < 1.29 is 4.79 Å². The van der Waals surface area contributed by atoms with Crippen LogP contribution in [0.15, 0.2) is 54.6 Å². The largest absolute Gasteiger partial charge is 0.399 e. The van der Waals surface area contributed by atoms with Gasteiger partial charge in [0.2, 0.25) is 0 Å². The Kier molecular flexibility index (Phi) is 5.99. The zero-order valence-corrected chi connectivity index (χ0v) is 14.5. The maximum atomic E-state index is 13.0. The zero-order chi connectivity index (χ0) is 17.6. The first-order valence-electron chi connectivity index (χ1n) is 8.50. The fourth-order valence-electron chi connectivity index (χ4n) is 2.68. The second-order valence-electron chi connectivity index (χ2n) is 6.23. The van der Waals surface area contributed by atoms with Crippen molar-refractivity contribution in [2.75, 3.05) is 17.2 Å². The number of hydrogen-bond donors (Lipinski definition) is 2. The van der Waals surface area contributed by atoms with E-state index in [2.05, 4.69) is 13.8 Å². The molecule has 4 nitrogen and oxygen atoms in total. The van der Waals surface area contributed by atoms with Gasteiger partial charge in [-0.3, -0.25) is 4.79 Å². The van der Waals surface area contributed by atoms with E-state index in [0.717, 1.165) is 24.9 Å². The molecule has 0 saturated carbocycles. The Balaban J connectivity index is 2.26. The van der Waals surface area contributed by atoms with Crippen LogP contribution in [-0.2, 0) is 0 Å². The molecule has 128 valence electrons. The van der Waals surface area contributed by atoms with Crippen molar-refractivity contribution >= 4 is 17.3 Å². The van der Waals surface area contributed by atoms with Crippen LogP contribution in [0.25, 0.3) is 0 Å². The predicted octanol–water partition coefficient (Wildman–Crippen LogP) is 3.82. The lowest BCUT2D eigenvalue weighted by molar-refractivity contribution is 0.0984. The molecular weight excluding hydrogens is 298 g/mol. The molecule has 4 N–H and O–H groups in total. The van der Waals surface area contributed by atoms with Crippen LogP contribution in [0.2, 0.25) is 0 Å². The standard InChI is InChI=1S/C20H27N3O/c1-3-20(22,4-2)14-15-23(18-8-6-5-7-9-18)19(24)16-10-12-17(21)13-11-16/h5-13H,3-4,14-15,21-22H2,1-2H3. The summed E-state index contributed by atoms with van der Waals surface area (Å²) >= 11 is 0. The molecule has 1 amide bonds.